The van der Waals surface area contributed by atoms with Gasteiger partial charge in [-0.15, -0.1) is 0 Å². The Balaban J connectivity index is 1.58. The first-order chi connectivity index (χ1) is 11.6. The number of carbonyl (C=O) groups excluding carboxylic acids is 1. The van der Waals surface area contributed by atoms with Crippen LogP contribution in [0, 0.1) is 0 Å². The summed E-state index contributed by atoms with van der Waals surface area (Å²) in [5.41, 5.74) is 2.03. The number of benzene rings is 2. The van der Waals surface area contributed by atoms with Gasteiger partial charge in [0.2, 0.25) is 0 Å². The second kappa shape index (κ2) is 7.47. The maximum Gasteiger partial charge on any atom is 0.252 e. The van der Waals surface area contributed by atoms with Crippen LogP contribution in [-0.4, -0.2) is 27.4 Å². The Morgan fingerprint density at radius 3 is 2.71 bits per heavy atom. The maximum absolute atomic E-state index is 12.1. The van der Waals surface area contributed by atoms with Gasteiger partial charge in [0.25, 0.3) is 5.91 Å². The highest BCUT2D eigenvalue weighted by Gasteiger charge is 2.11. The summed E-state index contributed by atoms with van der Waals surface area (Å²) >= 11 is 11.9. The van der Waals surface area contributed by atoms with Crippen molar-refractivity contribution in [2.45, 2.75) is 6.42 Å². The zero-order chi connectivity index (χ0) is 16.9. The summed E-state index contributed by atoms with van der Waals surface area (Å²) in [5.74, 6) is -0.266. The fraction of sp³-hybridized carbons (Fsp3) is 0.118. The highest BCUT2D eigenvalue weighted by Crippen LogP contribution is 2.20. The standard InChI is InChI=1S/C17H14Cl2N4O/c18-12-6-7-16(19)15(10-12)17(24)20-9-8-13-11-21-23(22-13)14-4-2-1-3-5-14/h1-7,10-11H,8-9H2,(H,20,24). The van der Waals surface area contributed by atoms with Crippen LogP contribution in [0.1, 0.15) is 16.1 Å². The van der Waals surface area contributed by atoms with E-state index in [2.05, 4.69) is 15.5 Å². The molecule has 1 heterocycles. The van der Waals surface area contributed by atoms with Gasteiger partial charge >= 0.3 is 0 Å². The van der Waals surface area contributed by atoms with Gasteiger partial charge in [-0.05, 0) is 30.3 Å². The molecule has 0 saturated carbocycles. The summed E-state index contributed by atoms with van der Waals surface area (Å²) in [4.78, 5) is 13.7. The van der Waals surface area contributed by atoms with E-state index in [4.69, 9.17) is 23.2 Å². The number of nitrogens with one attached hydrogen (secondary N) is 1. The summed E-state index contributed by atoms with van der Waals surface area (Å²) in [6, 6.07) is 14.4. The van der Waals surface area contributed by atoms with Crippen LogP contribution in [-0.2, 0) is 6.42 Å². The number of halogens is 2. The highest BCUT2D eigenvalue weighted by atomic mass is 35.5. The molecule has 2 aromatic carbocycles. The maximum atomic E-state index is 12.1. The molecule has 1 N–H and O–H groups in total. The summed E-state index contributed by atoms with van der Waals surface area (Å²) in [7, 11) is 0. The molecule has 24 heavy (non-hydrogen) atoms. The van der Waals surface area contributed by atoms with Crippen LogP contribution in [0.2, 0.25) is 10.0 Å². The van der Waals surface area contributed by atoms with E-state index in [1.807, 2.05) is 30.3 Å². The van der Waals surface area contributed by atoms with Crippen molar-refractivity contribution in [3.63, 3.8) is 0 Å². The van der Waals surface area contributed by atoms with Gasteiger partial charge < -0.3 is 5.32 Å². The van der Waals surface area contributed by atoms with Crippen molar-refractivity contribution in [3.8, 4) is 5.69 Å². The molecule has 0 bridgehead atoms. The summed E-state index contributed by atoms with van der Waals surface area (Å²) in [6.07, 6.45) is 2.25. The van der Waals surface area contributed by atoms with Crippen LogP contribution in [0.3, 0.4) is 0 Å². The molecular formula is C17H14Cl2N4O. The molecule has 1 aromatic heterocycles. The lowest BCUT2D eigenvalue weighted by atomic mass is 10.2. The fourth-order valence-corrected chi connectivity index (χ4v) is 2.54. The molecule has 0 unspecified atom stereocenters. The minimum atomic E-state index is -0.266. The van der Waals surface area contributed by atoms with Gasteiger partial charge in [0.05, 0.1) is 28.2 Å². The first-order valence-corrected chi connectivity index (χ1v) is 8.09. The first kappa shape index (κ1) is 16.5. The third kappa shape index (κ3) is 3.93. The lowest BCUT2D eigenvalue weighted by molar-refractivity contribution is 0.0954. The molecule has 0 spiro atoms. The van der Waals surface area contributed by atoms with Crippen molar-refractivity contribution < 1.29 is 4.79 Å². The van der Waals surface area contributed by atoms with E-state index in [-0.39, 0.29) is 5.91 Å². The molecule has 3 aromatic rings. The van der Waals surface area contributed by atoms with Crippen LogP contribution in [0.4, 0.5) is 0 Å². The lowest BCUT2D eigenvalue weighted by Gasteiger charge is -2.06. The average molecular weight is 361 g/mol. The van der Waals surface area contributed by atoms with Crippen molar-refractivity contribution in [2.24, 2.45) is 0 Å². The van der Waals surface area contributed by atoms with Crippen molar-refractivity contribution in [1.29, 1.82) is 0 Å². The average Bonchev–Trinajstić information content (AvgIpc) is 3.06. The van der Waals surface area contributed by atoms with Gasteiger partial charge in [0.1, 0.15) is 0 Å². The minimum Gasteiger partial charge on any atom is -0.352 e. The van der Waals surface area contributed by atoms with E-state index in [1.54, 1.807) is 29.2 Å². The zero-order valence-electron chi connectivity index (χ0n) is 12.6. The van der Waals surface area contributed by atoms with E-state index >= 15 is 0 Å². The molecule has 1 amide bonds. The zero-order valence-corrected chi connectivity index (χ0v) is 14.1. The first-order valence-electron chi connectivity index (χ1n) is 7.33. The Hall–Kier alpha value is -2.37. The molecule has 3 rings (SSSR count). The van der Waals surface area contributed by atoms with Crippen molar-refractivity contribution >= 4 is 29.1 Å². The van der Waals surface area contributed by atoms with Gasteiger partial charge in [-0.1, -0.05) is 41.4 Å². The van der Waals surface area contributed by atoms with Crippen molar-refractivity contribution in [2.75, 3.05) is 6.54 Å². The Morgan fingerprint density at radius 2 is 1.92 bits per heavy atom. The fourth-order valence-electron chi connectivity index (χ4n) is 2.17. The minimum absolute atomic E-state index is 0.266. The largest absolute Gasteiger partial charge is 0.352 e. The Morgan fingerprint density at radius 1 is 1.12 bits per heavy atom. The quantitative estimate of drug-likeness (QED) is 0.756. The van der Waals surface area contributed by atoms with Gasteiger partial charge in [0, 0.05) is 18.0 Å². The molecule has 0 saturated heterocycles. The third-order valence-corrected chi connectivity index (χ3v) is 3.93. The third-order valence-electron chi connectivity index (χ3n) is 3.37. The number of hydrogen-bond acceptors (Lipinski definition) is 3. The van der Waals surface area contributed by atoms with E-state index in [9.17, 15) is 4.79 Å². The van der Waals surface area contributed by atoms with E-state index < -0.39 is 0 Å². The summed E-state index contributed by atoms with van der Waals surface area (Å²) in [5, 5.41) is 12.3. The predicted molar refractivity (Wildman–Crippen MR) is 93.9 cm³/mol. The molecule has 5 nitrogen and oxygen atoms in total. The van der Waals surface area contributed by atoms with E-state index in [0.29, 0.717) is 28.6 Å². The van der Waals surface area contributed by atoms with Crippen molar-refractivity contribution in [1.82, 2.24) is 20.3 Å². The van der Waals surface area contributed by atoms with Crippen LogP contribution >= 0.6 is 23.2 Å². The van der Waals surface area contributed by atoms with Crippen LogP contribution < -0.4 is 5.32 Å². The number of hydrogen-bond donors (Lipinski definition) is 1. The number of nitrogens with zero attached hydrogens (tertiary/aromatic N) is 3. The van der Waals surface area contributed by atoms with Crippen LogP contribution in [0.5, 0.6) is 0 Å². The van der Waals surface area contributed by atoms with Crippen LogP contribution in [0.15, 0.2) is 54.7 Å². The number of rotatable bonds is 5. The van der Waals surface area contributed by atoms with Gasteiger partial charge in [0.15, 0.2) is 0 Å². The SMILES string of the molecule is O=C(NCCc1cnn(-c2ccccc2)n1)c1cc(Cl)ccc1Cl. The predicted octanol–water partition coefficient (Wildman–Crippen LogP) is 3.55. The number of para-hydroxylation sites is 1. The molecular weight excluding hydrogens is 347 g/mol. The molecule has 0 aliphatic rings. The summed E-state index contributed by atoms with van der Waals surface area (Å²) < 4.78 is 0. The van der Waals surface area contributed by atoms with Gasteiger partial charge in [-0.25, -0.2) is 0 Å². The number of amides is 1. The van der Waals surface area contributed by atoms with E-state index in [0.717, 1.165) is 11.4 Å². The molecule has 0 fully saturated rings. The molecule has 0 atom stereocenters. The second-order valence-corrected chi connectivity index (χ2v) is 5.93. The van der Waals surface area contributed by atoms with Gasteiger partial charge in [-0.2, -0.15) is 15.0 Å². The second-order valence-electron chi connectivity index (χ2n) is 5.09. The lowest BCUT2D eigenvalue weighted by Crippen LogP contribution is -2.26. The Kier molecular flexibility index (Phi) is 5.13. The molecule has 0 radical (unpaired) electrons. The smallest absolute Gasteiger partial charge is 0.252 e. The van der Waals surface area contributed by atoms with Crippen LogP contribution in [0.25, 0.3) is 5.69 Å². The normalized spacial score (nSPS) is 10.6. The number of carbonyl (C=O) groups is 1. The molecule has 0 aliphatic carbocycles. The molecule has 7 heteroatoms. The topological polar surface area (TPSA) is 59.8 Å². The number of aromatic nitrogens is 3. The summed E-state index contributed by atoms with van der Waals surface area (Å²) in [6.45, 7) is 0.426. The van der Waals surface area contributed by atoms with E-state index in [1.165, 1.54) is 0 Å². The Bertz CT molecular complexity index is 849. The highest BCUT2D eigenvalue weighted by molar-refractivity contribution is 6.35. The van der Waals surface area contributed by atoms with Crippen molar-refractivity contribution in [3.05, 3.63) is 76.0 Å². The van der Waals surface area contributed by atoms with Gasteiger partial charge in [-0.3, -0.25) is 4.79 Å². The monoisotopic (exact) mass is 360 g/mol. The molecule has 0 aliphatic heterocycles. The molecule has 122 valence electrons. The Labute approximate surface area is 149 Å².